The molecular formula is C22H20N4O5S2. The molecule has 11 heteroatoms. The van der Waals surface area contributed by atoms with Crippen LogP contribution < -0.4 is 4.72 Å². The zero-order valence-electron chi connectivity index (χ0n) is 17.5. The number of Topliss-reactive ketones (excluding diaryl/α,β-unsaturated/α-hetero) is 1. The number of imidazole rings is 1. The van der Waals surface area contributed by atoms with Gasteiger partial charge in [-0.3, -0.25) is 9.20 Å². The van der Waals surface area contributed by atoms with Gasteiger partial charge in [-0.1, -0.05) is 24.3 Å². The number of sulfonamides is 1. The molecule has 9 nitrogen and oxygen atoms in total. The van der Waals surface area contributed by atoms with E-state index in [2.05, 4.69) is 14.7 Å². The molecule has 0 aliphatic rings. The van der Waals surface area contributed by atoms with E-state index in [1.54, 1.807) is 35.1 Å². The molecule has 0 radical (unpaired) electrons. The van der Waals surface area contributed by atoms with E-state index in [1.165, 1.54) is 49.6 Å². The Labute approximate surface area is 191 Å². The predicted molar refractivity (Wildman–Crippen MR) is 120 cm³/mol. The van der Waals surface area contributed by atoms with Gasteiger partial charge < -0.3 is 0 Å². The Morgan fingerprint density at radius 1 is 0.970 bits per heavy atom. The van der Waals surface area contributed by atoms with Crippen molar-refractivity contribution in [3.05, 3.63) is 84.4 Å². The first-order chi connectivity index (χ1) is 15.7. The standard InChI is InChI=1S/C22H20N4O5S2/c1-23-33(30,31)21-5-3-2-4-20(21)32(28,29)18-9-6-16(7-10-18)8-11-19(27)17-14-25-22-24-12-13-26(22)15-17/h2-7,9-10,12-15,23H,8,11H2,1H3. The van der Waals surface area contributed by atoms with Crippen LogP contribution in [0.2, 0.25) is 0 Å². The third-order valence-corrected chi connectivity index (χ3v) is 8.57. The van der Waals surface area contributed by atoms with Crippen molar-refractivity contribution in [1.29, 1.82) is 0 Å². The largest absolute Gasteiger partial charge is 0.294 e. The highest BCUT2D eigenvalue weighted by Crippen LogP contribution is 2.27. The molecule has 0 amide bonds. The Kier molecular flexibility index (Phi) is 6.11. The van der Waals surface area contributed by atoms with Crippen molar-refractivity contribution in [2.24, 2.45) is 0 Å². The van der Waals surface area contributed by atoms with E-state index in [1.807, 2.05) is 0 Å². The first-order valence-electron chi connectivity index (χ1n) is 9.91. The molecule has 1 N–H and O–H groups in total. The number of nitrogens with one attached hydrogen (secondary N) is 1. The Hall–Kier alpha value is -3.41. The molecule has 0 atom stereocenters. The number of rotatable bonds is 8. The fourth-order valence-electron chi connectivity index (χ4n) is 3.33. The highest BCUT2D eigenvalue weighted by Gasteiger charge is 2.26. The van der Waals surface area contributed by atoms with Crippen LogP contribution >= 0.6 is 0 Å². The molecule has 2 heterocycles. The minimum atomic E-state index is -4.07. The summed E-state index contributed by atoms with van der Waals surface area (Å²) in [5.41, 5.74) is 1.23. The summed E-state index contributed by atoms with van der Waals surface area (Å²) in [6.45, 7) is 0. The van der Waals surface area contributed by atoms with Crippen molar-refractivity contribution >= 4 is 31.4 Å². The van der Waals surface area contributed by atoms with E-state index in [0.717, 1.165) is 5.56 Å². The molecule has 0 aliphatic heterocycles. The topological polar surface area (TPSA) is 128 Å². The summed E-state index contributed by atoms with van der Waals surface area (Å²) in [4.78, 5) is 20.0. The lowest BCUT2D eigenvalue weighted by molar-refractivity contribution is 0.0982. The van der Waals surface area contributed by atoms with Gasteiger partial charge in [0.05, 0.1) is 15.4 Å². The van der Waals surface area contributed by atoms with Gasteiger partial charge in [-0.15, -0.1) is 0 Å². The first kappa shape index (κ1) is 22.8. The SMILES string of the molecule is CNS(=O)(=O)c1ccccc1S(=O)(=O)c1ccc(CCC(=O)c2cnc3nccn3c2)cc1. The molecule has 33 heavy (non-hydrogen) atoms. The van der Waals surface area contributed by atoms with Crippen molar-refractivity contribution in [2.75, 3.05) is 7.05 Å². The maximum atomic E-state index is 13.1. The molecule has 0 spiro atoms. The second-order valence-electron chi connectivity index (χ2n) is 7.20. The minimum Gasteiger partial charge on any atom is -0.294 e. The van der Waals surface area contributed by atoms with Crippen LogP contribution in [-0.2, 0) is 26.3 Å². The Bertz CT molecular complexity index is 1540. The van der Waals surface area contributed by atoms with Crippen molar-refractivity contribution in [3.63, 3.8) is 0 Å². The lowest BCUT2D eigenvalue weighted by Gasteiger charge is -2.11. The van der Waals surface area contributed by atoms with Gasteiger partial charge in [0.2, 0.25) is 25.6 Å². The van der Waals surface area contributed by atoms with Crippen LogP contribution in [0.15, 0.2) is 88.0 Å². The van der Waals surface area contributed by atoms with Gasteiger partial charge in [0.15, 0.2) is 5.78 Å². The molecule has 170 valence electrons. The van der Waals surface area contributed by atoms with E-state index in [0.29, 0.717) is 17.8 Å². The molecule has 0 fully saturated rings. The first-order valence-corrected chi connectivity index (χ1v) is 12.9. The van der Waals surface area contributed by atoms with Crippen molar-refractivity contribution < 1.29 is 21.6 Å². The fraction of sp³-hybridized carbons (Fsp3) is 0.136. The maximum Gasteiger partial charge on any atom is 0.241 e. The van der Waals surface area contributed by atoms with E-state index >= 15 is 0 Å². The van der Waals surface area contributed by atoms with Crippen LogP contribution in [0.5, 0.6) is 0 Å². The molecule has 4 rings (SSSR count). The Balaban J connectivity index is 1.52. The second kappa shape index (κ2) is 8.85. The number of hydrogen-bond donors (Lipinski definition) is 1. The molecule has 0 unspecified atom stereocenters. The number of fused-ring (bicyclic) bond motifs is 1. The molecule has 2 aromatic heterocycles. The smallest absolute Gasteiger partial charge is 0.241 e. The highest BCUT2D eigenvalue weighted by molar-refractivity contribution is 7.93. The number of aromatic nitrogens is 3. The van der Waals surface area contributed by atoms with Gasteiger partial charge in [-0.25, -0.2) is 31.5 Å². The molecular weight excluding hydrogens is 464 g/mol. The van der Waals surface area contributed by atoms with E-state index in [-0.39, 0.29) is 26.9 Å². The monoisotopic (exact) mass is 484 g/mol. The zero-order chi connectivity index (χ0) is 23.6. The number of hydrogen-bond acceptors (Lipinski definition) is 7. The lowest BCUT2D eigenvalue weighted by atomic mass is 10.0. The third-order valence-electron chi connectivity index (χ3n) is 5.14. The van der Waals surface area contributed by atoms with Crippen LogP contribution in [0.4, 0.5) is 0 Å². The number of ketones is 1. The number of sulfone groups is 1. The van der Waals surface area contributed by atoms with Crippen LogP contribution in [0.1, 0.15) is 22.3 Å². The van der Waals surface area contributed by atoms with Crippen LogP contribution in [-0.4, -0.2) is 44.0 Å². The lowest BCUT2D eigenvalue weighted by Crippen LogP contribution is -2.21. The van der Waals surface area contributed by atoms with Crippen molar-refractivity contribution in [1.82, 2.24) is 19.1 Å². The minimum absolute atomic E-state index is 0.0360. The highest BCUT2D eigenvalue weighted by atomic mass is 32.2. The van der Waals surface area contributed by atoms with Gasteiger partial charge in [0.25, 0.3) is 0 Å². The number of aryl methyl sites for hydroxylation is 1. The molecule has 0 bridgehead atoms. The van der Waals surface area contributed by atoms with E-state index in [9.17, 15) is 21.6 Å². The maximum absolute atomic E-state index is 13.1. The molecule has 0 aliphatic carbocycles. The van der Waals surface area contributed by atoms with Crippen LogP contribution in [0.25, 0.3) is 5.78 Å². The molecule has 4 aromatic rings. The van der Waals surface area contributed by atoms with Crippen LogP contribution in [0, 0.1) is 0 Å². The molecule has 0 saturated heterocycles. The van der Waals surface area contributed by atoms with Gasteiger partial charge in [0, 0.05) is 31.2 Å². The van der Waals surface area contributed by atoms with Gasteiger partial charge >= 0.3 is 0 Å². The number of benzene rings is 2. The quantitative estimate of drug-likeness (QED) is 0.380. The molecule has 0 saturated carbocycles. The van der Waals surface area contributed by atoms with Crippen LogP contribution in [0.3, 0.4) is 0 Å². The summed E-state index contributed by atoms with van der Waals surface area (Å²) in [6.07, 6.45) is 7.08. The predicted octanol–water partition coefficient (Wildman–Crippen LogP) is 2.29. The average Bonchev–Trinajstić information content (AvgIpc) is 3.31. The Morgan fingerprint density at radius 3 is 2.36 bits per heavy atom. The van der Waals surface area contributed by atoms with Gasteiger partial charge in [0.1, 0.15) is 4.90 Å². The van der Waals surface area contributed by atoms with Gasteiger partial charge in [-0.05, 0) is 43.3 Å². The Morgan fingerprint density at radius 2 is 1.67 bits per heavy atom. The normalized spacial score (nSPS) is 12.2. The fourth-order valence-corrected chi connectivity index (χ4v) is 6.14. The number of carbonyl (C=O) groups excluding carboxylic acids is 1. The van der Waals surface area contributed by atoms with Crippen molar-refractivity contribution in [3.8, 4) is 0 Å². The number of carbonyl (C=O) groups is 1. The van der Waals surface area contributed by atoms with Gasteiger partial charge in [-0.2, -0.15) is 0 Å². The summed E-state index contributed by atoms with van der Waals surface area (Å²) < 4.78 is 54.5. The summed E-state index contributed by atoms with van der Waals surface area (Å²) in [7, 11) is -6.81. The number of nitrogens with zero attached hydrogens (tertiary/aromatic N) is 3. The third kappa shape index (κ3) is 4.56. The van der Waals surface area contributed by atoms with E-state index < -0.39 is 19.9 Å². The summed E-state index contributed by atoms with van der Waals surface area (Å²) in [6, 6.07) is 11.5. The van der Waals surface area contributed by atoms with E-state index in [4.69, 9.17) is 0 Å². The second-order valence-corrected chi connectivity index (χ2v) is 11.0. The summed E-state index contributed by atoms with van der Waals surface area (Å²) in [5.74, 6) is 0.411. The summed E-state index contributed by atoms with van der Waals surface area (Å²) >= 11 is 0. The molecule has 2 aromatic carbocycles. The van der Waals surface area contributed by atoms with Crippen molar-refractivity contribution in [2.45, 2.75) is 27.5 Å². The summed E-state index contributed by atoms with van der Waals surface area (Å²) in [5, 5.41) is 0. The average molecular weight is 485 g/mol. The zero-order valence-corrected chi connectivity index (χ0v) is 19.2.